The van der Waals surface area contributed by atoms with Gasteiger partial charge in [-0.1, -0.05) is 12.1 Å². The fourth-order valence-electron chi connectivity index (χ4n) is 2.17. The van der Waals surface area contributed by atoms with Gasteiger partial charge >= 0.3 is 0 Å². The van der Waals surface area contributed by atoms with Crippen molar-refractivity contribution in [2.75, 3.05) is 13.2 Å². The molecule has 1 aromatic heterocycles. The summed E-state index contributed by atoms with van der Waals surface area (Å²) in [5, 5.41) is -0.110. The topological polar surface area (TPSA) is 27.1 Å². The van der Waals surface area contributed by atoms with Crippen molar-refractivity contribution in [3.8, 4) is 0 Å². The highest BCUT2D eigenvalue weighted by Gasteiger charge is 2.18. The summed E-state index contributed by atoms with van der Waals surface area (Å²) in [4.78, 5) is 4.62. The van der Waals surface area contributed by atoms with Crippen LogP contribution in [0.15, 0.2) is 24.3 Å². The molecule has 0 radical (unpaired) electrons. The number of halogens is 1. The molecule has 1 aromatic carbocycles. The highest BCUT2D eigenvalue weighted by Crippen LogP contribution is 2.27. The number of para-hydroxylation sites is 2. The smallest absolute Gasteiger partial charge is 0.128 e. The third kappa shape index (κ3) is 2.52. The molecule has 0 aliphatic heterocycles. The Morgan fingerprint density at radius 3 is 2.72 bits per heavy atom. The maximum Gasteiger partial charge on any atom is 0.128 e. The van der Waals surface area contributed by atoms with E-state index in [-0.39, 0.29) is 11.4 Å². The summed E-state index contributed by atoms with van der Waals surface area (Å²) in [5.41, 5.74) is 2.11. The van der Waals surface area contributed by atoms with Gasteiger partial charge in [-0.2, -0.15) is 0 Å². The zero-order chi connectivity index (χ0) is 13.1. The van der Waals surface area contributed by atoms with Gasteiger partial charge in [0.1, 0.15) is 5.82 Å². The van der Waals surface area contributed by atoms with E-state index >= 15 is 0 Å². The van der Waals surface area contributed by atoms with Crippen molar-refractivity contribution in [3.63, 3.8) is 0 Å². The first kappa shape index (κ1) is 13.4. The number of fused-ring (bicyclic) bond motifs is 1. The molecular weight excluding hydrogens is 248 g/mol. The van der Waals surface area contributed by atoms with E-state index < -0.39 is 0 Å². The van der Waals surface area contributed by atoms with Crippen molar-refractivity contribution in [1.29, 1.82) is 0 Å². The molecule has 0 saturated carbocycles. The van der Waals surface area contributed by atoms with Crippen LogP contribution in [-0.2, 0) is 4.74 Å². The van der Waals surface area contributed by atoms with E-state index in [1.807, 2.05) is 32.0 Å². The number of imidazole rings is 1. The predicted octanol–water partition coefficient (Wildman–Crippen LogP) is 3.93. The van der Waals surface area contributed by atoms with Crippen LogP contribution in [0.2, 0.25) is 0 Å². The van der Waals surface area contributed by atoms with Crippen LogP contribution < -0.4 is 0 Å². The predicted molar refractivity (Wildman–Crippen MR) is 75.2 cm³/mol. The largest absolute Gasteiger partial charge is 0.380 e. The van der Waals surface area contributed by atoms with Crippen LogP contribution in [0, 0.1) is 0 Å². The standard InChI is InChI=1S/C14H19ClN2O/c1-4-18-9-10(2)17-13-8-6-5-7-12(13)16-14(17)11(3)15/h5-8,10-11H,4,9H2,1-3H3. The van der Waals surface area contributed by atoms with Gasteiger partial charge in [-0.3, -0.25) is 0 Å². The zero-order valence-electron chi connectivity index (χ0n) is 11.1. The molecule has 1 heterocycles. The summed E-state index contributed by atoms with van der Waals surface area (Å²) in [6.45, 7) is 7.49. The molecule has 2 aromatic rings. The zero-order valence-corrected chi connectivity index (χ0v) is 11.8. The van der Waals surface area contributed by atoms with Crippen LogP contribution >= 0.6 is 11.6 Å². The van der Waals surface area contributed by atoms with Crippen molar-refractivity contribution in [2.24, 2.45) is 0 Å². The molecule has 0 spiro atoms. The third-order valence-electron chi connectivity index (χ3n) is 2.98. The molecule has 0 fully saturated rings. The minimum atomic E-state index is -0.110. The molecule has 2 rings (SSSR count). The Kier molecular flexibility index (Phi) is 4.25. The Bertz CT molecular complexity index is 521. The average Bonchev–Trinajstić information content (AvgIpc) is 2.75. The van der Waals surface area contributed by atoms with Crippen LogP contribution in [0.4, 0.5) is 0 Å². The van der Waals surface area contributed by atoms with E-state index in [1.165, 1.54) is 0 Å². The molecule has 0 N–H and O–H groups in total. The van der Waals surface area contributed by atoms with E-state index in [9.17, 15) is 0 Å². The van der Waals surface area contributed by atoms with Crippen LogP contribution in [0.1, 0.15) is 38.0 Å². The van der Waals surface area contributed by atoms with Crippen LogP contribution in [0.3, 0.4) is 0 Å². The molecule has 2 unspecified atom stereocenters. The van der Waals surface area contributed by atoms with Gasteiger partial charge in [-0.15, -0.1) is 11.6 Å². The number of aromatic nitrogens is 2. The highest BCUT2D eigenvalue weighted by atomic mass is 35.5. The summed E-state index contributed by atoms with van der Waals surface area (Å²) in [6, 6.07) is 8.34. The first-order valence-electron chi connectivity index (χ1n) is 6.33. The first-order valence-corrected chi connectivity index (χ1v) is 6.77. The summed E-state index contributed by atoms with van der Waals surface area (Å²) in [6.07, 6.45) is 0. The van der Waals surface area contributed by atoms with Crippen LogP contribution in [0.25, 0.3) is 11.0 Å². The maximum atomic E-state index is 6.23. The Balaban J connectivity index is 2.47. The second-order valence-corrected chi connectivity index (χ2v) is 5.11. The van der Waals surface area contributed by atoms with Crippen LogP contribution in [-0.4, -0.2) is 22.8 Å². The van der Waals surface area contributed by atoms with Gasteiger partial charge in [0, 0.05) is 6.61 Å². The Hall–Kier alpha value is -1.06. The van der Waals surface area contributed by atoms with Crippen molar-refractivity contribution < 1.29 is 4.74 Å². The van der Waals surface area contributed by atoms with E-state index in [2.05, 4.69) is 22.5 Å². The number of rotatable bonds is 5. The normalized spacial score (nSPS) is 14.9. The molecule has 0 saturated heterocycles. The minimum absolute atomic E-state index is 0.110. The molecule has 2 atom stereocenters. The molecule has 4 heteroatoms. The first-order chi connectivity index (χ1) is 8.65. The number of alkyl halides is 1. The third-order valence-corrected chi connectivity index (χ3v) is 3.18. The van der Waals surface area contributed by atoms with Crippen molar-refractivity contribution in [2.45, 2.75) is 32.2 Å². The Labute approximate surface area is 113 Å². The van der Waals surface area contributed by atoms with Crippen molar-refractivity contribution in [1.82, 2.24) is 9.55 Å². The fraction of sp³-hybridized carbons (Fsp3) is 0.500. The molecule has 0 aliphatic carbocycles. The second-order valence-electron chi connectivity index (χ2n) is 4.45. The number of nitrogens with zero attached hydrogens (tertiary/aromatic N) is 2. The number of benzene rings is 1. The quantitative estimate of drug-likeness (QED) is 0.767. The van der Waals surface area contributed by atoms with E-state index in [1.54, 1.807) is 0 Å². The summed E-state index contributed by atoms with van der Waals surface area (Å²) >= 11 is 6.23. The van der Waals surface area contributed by atoms with Gasteiger partial charge in [-0.05, 0) is 32.9 Å². The van der Waals surface area contributed by atoms with Gasteiger partial charge in [0.05, 0.1) is 29.1 Å². The lowest BCUT2D eigenvalue weighted by molar-refractivity contribution is 0.119. The van der Waals surface area contributed by atoms with Gasteiger partial charge in [0.15, 0.2) is 0 Å². The Morgan fingerprint density at radius 1 is 1.33 bits per heavy atom. The summed E-state index contributed by atoms with van der Waals surface area (Å²) < 4.78 is 7.69. The number of ether oxygens (including phenoxy) is 1. The van der Waals surface area contributed by atoms with Gasteiger partial charge in [-0.25, -0.2) is 4.98 Å². The second kappa shape index (κ2) is 5.72. The van der Waals surface area contributed by atoms with Crippen molar-refractivity contribution in [3.05, 3.63) is 30.1 Å². The maximum absolute atomic E-state index is 6.23. The molecule has 0 aliphatic rings. The summed E-state index contributed by atoms with van der Waals surface area (Å²) in [7, 11) is 0. The lowest BCUT2D eigenvalue weighted by Crippen LogP contribution is -2.15. The minimum Gasteiger partial charge on any atom is -0.380 e. The number of hydrogen-bond acceptors (Lipinski definition) is 2. The molecule has 98 valence electrons. The van der Waals surface area contributed by atoms with E-state index in [0.717, 1.165) is 23.5 Å². The van der Waals surface area contributed by atoms with Crippen molar-refractivity contribution >= 4 is 22.6 Å². The fourth-order valence-corrected chi connectivity index (χ4v) is 2.32. The molecule has 18 heavy (non-hydrogen) atoms. The molecule has 3 nitrogen and oxygen atoms in total. The van der Waals surface area contributed by atoms with Gasteiger partial charge in [0.25, 0.3) is 0 Å². The Morgan fingerprint density at radius 2 is 2.06 bits per heavy atom. The van der Waals surface area contributed by atoms with Gasteiger partial charge in [0.2, 0.25) is 0 Å². The highest BCUT2D eigenvalue weighted by molar-refractivity contribution is 6.20. The van der Waals surface area contributed by atoms with Gasteiger partial charge < -0.3 is 9.30 Å². The summed E-state index contributed by atoms with van der Waals surface area (Å²) in [5.74, 6) is 0.907. The molecular formula is C14H19ClN2O. The van der Waals surface area contributed by atoms with Crippen LogP contribution in [0.5, 0.6) is 0 Å². The monoisotopic (exact) mass is 266 g/mol. The molecule has 0 amide bonds. The lowest BCUT2D eigenvalue weighted by Gasteiger charge is -2.18. The lowest BCUT2D eigenvalue weighted by atomic mass is 10.2. The van der Waals surface area contributed by atoms with E-state index in [0.29, 0.717) is 6.61 Å². The van der Waals surface area contributed by atoms with E-state index in [4.69, 9.17) is 16.3 Å². The number of hydrogen-bond donors (Lipinski definition) is 0. The SMILES string of the molecule is CCOCC(C)n1c(C(C)Cl)nc2ccccc21. The molecule has 0 bridgehead atoms. The average molecular weight is 267 g/mol.